The van der Waals surface area contributed by atoms with E-state index in [1.165, 1.54) is 0 Å². The lowest BCUT2D eigenvalue weighted by Crippen LogP contribution is -2.13. The summed E-state index contributed by atoms with van der Waals surface area (Å²) in [6.07, 6.45) is 0. The predicted octanol–water partition coefficient (Wildman–Crippen LogP) is 3.47. The number of rotatable bonds is 5. The minimum Gasteiger partial charge on any atom is -0.476 e. The summed E-state index contributed by atoms with van der Waals surface area (Å²) in [6, 6.07) is 13.8. The molecule has 4 heteroatoms. The molecule has 0 amide bonds. The Bertz CT molecular complexity index is 555. The molecular weight excluding hydrogens is 250 g/mol. The molecule has 0 unspecified atom stereocenters. The molecule has 4 nitrogen and oxygen atoms in total. The van der Waals surface area contributed by atoms with Crippen molar-refractivity contribution in [1.82, 2.24) is 4.98 Å². The van der Waals surface area contributed by atoms with Crippen LogP contribution in [-0.4, -0.2) is 18.6 Å². The van der Waals surface area contributed by atoms with Crippen LogP contribution in [0.25, 0.3) is 0 Å². The second-order valence-corrected chi connectivity index (χ2v) is 5.16. The zero-order valence-corrected chi connectivity index (χ0v) is 12.2. The summed E-state index contributed by atoms with van der Waals surface area (Å²) >= 11 is 0. The number of ether oxygens (including phenoxy) is 1. The standard InChI is InChI=1S/C16H21N3O/c1-12(2)11-20-16-14(17)9-10-15(18-16)19(3)13-7-5-4-6-8-13/h4-10,12H,11,17H2,1-3H3. The number of anilines is 3. The molecule has 2 N–H and O–H groups in total. The molecule has 20 heavy (non-hydrogen) atoms. The van der Waals surface area contributed by atoms with Gasteiger partial charge in [0.2, 0.25) is 5.88 Å². The first-order valence-corrected chi connectivity index (χ1v) is 6.76. The van der Waals surface area contributed by atoms with Gasteiger partial charge in [-0.1, -0.05) is 32.0 Å². The summed E-state index contributed by atoms with van der Waals surface area (Å²) in [4.78, 5) is 6.50. The van der Waals surface area contributed by atoms with Crippen LogP contribution in [-0.2, 0) is 0 Å². The molecule has 1 aromatic carbocycles. The van der Waals surface area contributed by atoms with E-state index in [2.05, 4.69) is 18.8 Å². The monoisotopic (exact) mass is 271 g/mol. The molecule has 0 atom stereocenters. The number of para-hydroxylation sites is 1. The molecule has 0 radical (unpaired) electrons. The molecule has 0 saturated heterocycles. The van der Waals surface area contributed by atoms with Crippen molar-refractivity contribution in [3.05, 3.63) is 42.5 Å². The molecule has 0 aliphatic heterocycles. The van der Waals surface area contributed by atoms with Crippen LogP contribution in [0.1, 0.15) is 13.8 Å². The molecule has 2 aromatic rings. The van der Waals surface area contributed by atoms with Gasteiger partial charge >= 0.3 is 0 Å². The maximum atomic E-state index is 5.91. The molecule has 0 saturated carbocycles. The molecule has 1 aromatic heterocycles. The number of aromatic nitrogens is 1. The van der Waals surface area contributed by atoms with Gasteiger partial charge in [0.1, 0.15) is 5.82 Å². The number of nitrogen functional groups attached to an aromatic ring is 1. The third-order valence-electron chi connectivity index (χ3n) is 2.92. The van der Waals surface area contributed by atoms with E-state index >= 15 is 0 Å². The molecule has 0 aliphatic rings. The van der Waals surface area contributed by atoms with E-state index in [4.69, 9.17) is 10.5 Å². The number of hydrogen-bond acceptors (Lipinski definition) is 4. The van der Waals surface area contributed by atoms with Gasteiger partial charge in [-0.2, -0.15) is 4.98 Å². The maximum absolute atomic E-state index is 5.91. The fourth-order valence-electron chi connectivity index (χ4n) is 1.77. The van der Waals surface area contributed by atoms with Gasteiger partial charge in [0.25, 0.3) is 0 Å². The highest BCUT2D eigenvalue weighted by Crippen LogP contribution is 2.27. The van der Waals surface area contributed by atoms with Gasteiger partial charge in [-0.15, -0.1) is 0 Å². The van der Waals surface area contributed by atoms with E-state index in [1.807, 2.05) is 54.4 Å². The Morgan fingerprint density at radius 1 is 1.15 bits per heavy atom. The van der Waals surface area contributed by atoms with Crippen LogP contribution in [0.2, 0.25) is 0 Å². The first-order chi connectivity index (χ1) is 9.58. The van der Waals surface area contributed by atoms with Crippen LogP contribution in [0.3, 0.4) is 0 Å². The van der Waals surface area contributed by atoms with Crippen molar-refractivity contribution in [2.45, 2.75) is 13.8 Å². The van der Waals surface area contributed by atoms with Crippen molar-refractivity contribution < 1.29 is 4.74 Å². The average Bonchev–Trinajstić information content (AvgIpc) is 2.46. The van der Waals surface area contributed by atoms with Gasteiger partial charge in [0.05, 0.1) is 12.3 Å². The Morgan fingerprint density at radius 3 is 2.50 bits per heavy atom. The Balaban J connectivity index is 2.22. The molecule has 0 aliphatic carbocycles. The molecule has 0 spiro atoms. The zero-order valence-electron chi connectivity index (χ0n) is 12.2. The molecule has 106 valence electrons. The summed E-state index contributed by atoms with van der Waals surface area (Å²) in [6.45, 7) is 4.79. The van der Waals surface area contributed by atoms with Crippen LogP contribution < -0.4 is 15.4 Å². The van der Waals surface area contributed by atoms with Crippen LogP contribution in [0.5, 0.6) is 5.88 Å². The summed E-state index contributed by atoms with van der Waals surface area (Å²) in [5.74, 6) is 1.75. The van der Waals surface area contributed by atoms with Gasteiger partial charge < -0.3 is 15.4 Å². The third-order valence-corrected chi connectivity index (χ3v) is 2.92. The second-order valence-electron chi connectivity index (χ2n) is 5.16. The highest BCUT2D eigenvalue weighted by Gasteiger charge is 2.10. The minimum atomic E-state index is 0.437. The SMILES string of the molecule is CC(C)COc1nc(N(C)c2ccccc2)ccc1N. The fraction of sp³-hybridized carbons (Fsp3) is 0.312. The lowest BCUT2D eigenvalue weighted by atomic mass is 10.2. The van der Waals surface area contributed by atoms with Crippen molar-refractivity contribution in [3.63, 3.8) is 0 Å². The number of nitrogens with zero attached hydrogens (tertiary/aromatic N) is 2. The maximum Gasteiger partial charge on any atom is 0.239 e. The van der Waals surface area contributed by atoms with Crippen LogP contribution >= 0.6 is 0 Å². The number of nitrogens with two attached hydrogens (primary N) is 1. The van der Waals surface area contributed by atoms with Crippen molar-refractivity contribution >= 4 is 17.2 Å². The Kier molecular flexibility index (Phi) is 4.45. The van der Waals surface area contributed by atoms with Gasteiger partial charge in [-0.25, -0.2) is 0 Å². The smallest absolute Gasteiger partial charge is 0.239 e. The Labute approximate surface area is 120 Å². The van der Waals surface area contributed by atoms with Gasteiger partial charge in [-0.3, -0.25) is 0 Å². The van der Waals surface area contributed by atoms with E-state index < -0.39 is 0 Å². The quantitative estimate of drug-likeness (QED) is 0.904. The Hall–Kier alpha value is -2.23. The lowest BCUT2D eigenvalue weighted by Gasteiger charge is -2.19. The third kappa shape index (κ3) is 3.41. The number of hydrogen-bond donors (Lipinski definition) is 1. The first-order valence-electron chi connectivity index (χ1n) is 6.76. The molecule has 0 bridgehead atoms. The van der Waals surface area contributed by atoms with E-state index in [9.17, 15) is 0 Å². The largest absolute Gasteiger partial charge is 0.476 e. The van der Waals surface area contributed by atoms with Crippen LogP contribution in [0, 0.1) is 5.92 Å². The molecule has 2 rings (SSSR count). The first kappa shape index (κ1) is 14.2. The summed E-state index contributed by atoms with van der Waals surface area (Å²) < 4.78 is 5.66. The van der Waals surface area contributed by atoms with Crippen LogP contribution in [0.15, 0.2) is 42.5 Å². The fourth-order valence-corrected chi connectivity index (χ4v) is 1.77. The van der Waals surface area contributed by atoms with E-state index in [0.717, 1.165) is 11.5 Å². The van der Waals surface area contributed by atoms with E-state index in [-0.39, 0.29) is 0 Å². The highest BCUT2D eigenvalue weighted by molar-refractivity contribution is 5.62. The van der Waals surface area contributed by atoms with E-state index in [0.29, 0.717) is 24.1 Å². The van der Waals surface area contributed by atoms with Gasteiger partial charge in [-0.05, 0) is 30.2 Å². The summed E-state index contributed by atoms with van der Waals surface area (Å²) in [5, 5.41) is 0. The van der Waals surface area contributed by atoms with Crippen molar-refractivity contribution in [2.75, 3.05) is 24.3 Å². The summed E-state index contributed by atoms with van der Waals surface area (Å²) in [5.41, 5.74) is 7.54. The van der Waals surface area contributed by atoms with Crippen molar-refractivity contribution in [3.8, 4) is 5.88 Å². The minimum absolute atomic E-state index is 0.437. The molecule has 0 fully saturated rings. The Morgan fingerprint density at radius 2 is 1.85 bits per heavy atom. The molecule has 1 heterocycles. The number of pyridine rings is 1. The lowest BCUT2D eigenvalue weighted by molar-refractivity contribution is 0.263. The molecular formula is C16H21N3O. The van der Waals surface area contributed by atoms with Gasteiger partial charge in [0.15, 0.2) is 0 Å². The summed E-state index contributed by atoms with van der Waals surface area (Å²) in [7, 11) is 1.97. The topological polar surface area (TPSA) is 51.4 Å². The predicted molar refractivity (Wildman–Crippen MR) is 83.5 cm³/mol. The second kappa shape index (κ2) is 6.28. The normalized spacial score (nSPS) is 10.6. The van der Waals surface area contributed by atoms with Crippen LogP contribution in [0.4, 0.5) is 17.2 Å². The van der Waals surface area contributed by atoms with Crippen molar-refractivity contribution in [2.24, 2.45) is 5.92 Å². The highest BCUT2D eigenvalue weighted by atomic mass is 16.5. The van der Waals surface area contributed by atoms with Gasteiger partial charge in [0, 0.05) is 12.7 Å². The number of benzene rings is 1. The average molecular weight is 271 g/mol. The van der Waals surface area contributed by atoms with E-state index in [1.54, 1.807) is 0 Å². The zero-order chi connectivity index (χ0) is 14.5. The van der Waals surface area contributed by atoms with Crippen molar-refractivity contribution in [1.29, 1.82) is 0 Å².